The second-order valence-corrected chi connectivity index (χ2v) is 6.05. The van der Waals surface area contributed by atoms with E-state index in [1.807, 2.05) is 6.92 Å². The predicted octanol–water partition coefficient (Wildman–Crippen LogP) is 3.93. The van der Waals surface area contributed by atoms with Crippen molar-refractivity contribution in [1.29, 1.82) is 0 Å². The van der Waals surface area contributed by atoms with Crippen LogP contribution in [-0.2, 0) is 9.53 Å². The van der Waals surface area contributed by atoms with Crippen LogP contribution in [0.15, 0.2) is 18.2 Å². The van der Waals surface area contributed by atoms with Gasteiger partial charge in [-0.05, 0) is 18.6 Å². The molecule has 120 valence electrons. The van der Waals surface area contributed by atoms with Crippen molar-refractivity contribution in [3.63, 3.8) is 0 Å². The molecule has 0 saturated carbocycles. The molecule has 0 aliphatic rings. The maximum Gasteiger partial charge on any atom is 0.307 e. The van der Waals surface area contributed by atoms with E-state index in [1.54, 1.807) is 0 Å². The van der Waals surface area contributed by atoms with Gasteiger partial charge in [0.2, 0.25) is 0 Å². The van der Waals surface area contributed by atoms with E-state index in [2.05, 4.69) is 15.9 Å². The van der Waals surface area contributed by atoms with Gasteiger partial charge in [0.15, 0.2) is 5.78 Å². The van der Waals surface area contributed by atoms with Crippen LogP contribution in [-0.4, -0.2) is 28.1 Å². The highest BCUT2D eigenvalue weighted by Gasteiger charge is 2.23. The Labute approximate surface area is 141 Å². The molecular weight excluding hydrogens is 378 g/mol. The topological polar surface area (TPSA) is 86.5 Å². The molecule has 0 aromatic heterocycles. The first-order valence-corrected chi connectivity index (χ1v) is 7.94. The molecular formula is C14H15BrClNO5. The number of esters is 1. The van der Waals surface area contributed by atoms with Crippen LogP contribution in [0.3, 0.4) is 0 Å². The average Bonchev–Trinajstić information content (AvgIpc) is 2.46. The lowest BCUT2D eigenvalue weighted by Gasteiger charge is -2.09. The van der Waals surface area contributed by atoms with E-state index in [9.17, 15) is 19.7 Å². The number of Topliss-reactive ketones (excluding diaryl/α,β-unsaturated/α-hetero) is 1. The number of alkyl halides is 1. The van der Waals surface area contributed by atoms with Crippen molar-refractivity contribution in [2.75, 3.05) is 6.61 Å². The highest BCUT2D eigenvalue weighted by Crippen LogP contribution is 2.26. The standard InChI is InChI=1S/C14H15BrClNO5/c1-2-3-6-22-13(18)8-10(15)14(19)9-4-5-11(16)12(7-9)17(20)21/h4-5,7,10H,2-3,6,8H2,1H3. The van der Waals surface area contributed by atoms with Crippen molar-refractivity contribution in [1.82, 2.24) is 0 Å². The van der Waals surface area contributed by atoms with Gasteiger partial charge in [-0.2, -0.15) is 0 Å². The molecule has 0 saturated heterocycles. The SMILES string of the molecule is CCCCOC(=O)CC(Br)C(=O)c1ccc(Cl)c([N+](=O)[O-])c1. The summed E-state index contributed by atoms with van der Waals surface area (Å²) < 4.78 is 4.97. The zero-order valence-electron chi connectivity index (χ0n) is 11.9. The molecule has 1 unspecified atom stereocenters. The summed E-state index contributed by atoms with van der Waals surface area (Å²) in [6.07, 6.45) is 1.52. The zero-order chi connectivity index (χ0) is 16.7. The quantitative estimate of drug-likeness (QED) is 0.167. The third-order valence-electron chi connectivity index (χ3n) is 2.82. The number of hydrogen-bond donors (Lipinski definition) is 0. The summed E-state index contributed by atoms with van der Waals surface area (Å²) in [7, 11) is 0. The summed E-state index contributed by atoms with van der Waals surface area (Å²) in [6.45, 7) is 2.29. The number of unbranched alkanes of at least 4 members (excludes halogenated alkanes) is 1. The van der Waals surface area contributed by atoms with E-state index in [0.29, 0.717) is 6.61 Å². The molecule has 0 heterocycles. The minimum absolute atomic E-state index is 0.0494. The molecule has 0 bridgehead atoms. The largest absolute Gasteiger partial charge is 0.466 e. The predicted molar refractivity (Wildman–Crippen MR) is 85.6 cm³/mol. The summed E-state index contributed by atoms with van der Waals surface area (Å²) in [6, 6.07) is 3.77. The van der Waals surface area contributed by atoms with Gasteiger partial charge < -0.3 is 4.74 Å². The van der Waals surface area contributed by atoms with E-state index < -0.39 is 21.5 Å². The normalized spacial score (nSPS) is 11.8. The fourth-order valence-corrected chi connectivity index (χ4v) is 2.33. The maximum absolute atomic E-state index is 12.2. The second-order valence-electron chi connectivity index (χ2n) is 4.53. The molecule has 6 nitrogen and oxygen atoms in total. The van der Waals surface area contributed by atoms with Gasteiger partial charge in [-0.1, -0.05) is 40.9 Å². The first-order chi connectivity index (χ1) is 10.4. The van der Waals surface area contributed by atoms with Gasteiger partial charge in [-0.3, -0.25) is 19.7 Å². The van der Waals surface area contributed by atoms with Gasteiger partial charge >= 0.3 is 5.97 Å². The number of ketones is 1. The van der Waals surface area contributed by atoms with Crippen LogP contribution in [0, 0.1) is 10.1 Å². The van der Waals surface area contributed by atoms with E-state index in [0.717, 1.165) is 18.9 Å². The zero-order valence-corrected chi connectivity index (χ0v) is 14.2. The van der Waals surface area contributed by atoms with Crippen LogP contribution >= 0.6 is 27.5 Å². The second kappa shape index (κ2) is 8.85. The number of rotatable bonds is 8. The van der Waals surface area contributed by atoms with Gasteiger partial charge in [0.05, 0.1) is 22.8 Å². The van der Waals surface area contributed by atoms with Crippen LogP contribution in [0.5, 0.6) is 0 Å². The number of nitro groups is 1. The average molecular weight is 393 g/mol. The van der Waals surface area contributed by atoms with Crippen LogP contribution in [0.25, 0.3) is 0 Å². The highest BCUT2D eigenvalue weighted by molar-refractivity contribution is 9.10. The summed E-state index contributed by atoms with van der Waals surface area (Å²) >= 11 is 8.81. The van der Waals surface area contributed by atoms with Crippen molar-refractivity contribution in [2.24, 2.45) is 0 Å². The Hall–Kier alpha value is -1.47. The smallest absolute Gasteiger partial charge is 0.307 e. The van der Waals surface area contributed by atoms with E-state index in [4.69, 9.17) is 16.3 Å². The molecule has 1 aromatic rings. The Morgan fingerprint density at radius 1 is 1.45 bits per heavy atom. The molecule has 1 rings (SSSR count). The van der Waals surface area contributed by atoms with E-state index in [-0.39, 0.29) is 22.7 Å². The molecule has 22 heavy (non-hydrogen) atoms. The third-order valence-corrected chi connectivity index (χ3v) is 3.88. The highest BCUT2D eigenvalue weighted by atomic mass is 79.9. The van der Waals surface area contributed by atoms with Gasteiger partial charge in [-0.15, -0.1) is 0 Å². The fourth-order valence-electron chi connectivity index (χ4n) is 1.61. The molecule has 1 atom stereocenters. The maximum atomic E-state index is 12.2. The van der Waals surface area contributed by atoms with Gasteiger partial charge in [-0.25, -0.2) is 0 Å². The summed E-state index contributed by atoms with van der Waals surface area (Å²) in [4.78, 5) is 33.1. The van der Waals surface area contributed by atoms with Crippen molar-refractivity contribution in [2.45, 2.75) is 31.0 Å². The monoisotopic (exact) mass is 391 g/mol. The van der Waals surface area contributed by atoms with Gasteiger partial charge in [0.1, 0.15) is 5.02 Å². The summed E-state index contributed by atoms with van der Waals surface area (Å²) in [5, 5.41) is 10.8. The number of hydrogen-bond acceptors (Lipinski definition) is 5. The van der Waals surface area contributed by atoms with Crippen LogP contribution in [0.4, 0.5) is 5.69 Å². The number of nitro benzene ring substituents is 1. The van der Waals surface area contributed by atoms with E-state index in [1.165, 1.54) is 12.1 Å². The molecule has 1 aromatic carbocycles. The van der Waals surface area contributed by atoms with Crippen LogP contribution in [0.2, 0.25) is 5.02 Å². The van der Waals surface area contributed by atoms with Gasteiger partial charge in [0.25, 0.3) is 5.69 Å². The molecule has 8 heteroatoms. The first kappa shape index (κ1) is 18.6. The van der Waals surface area contributed by atoms with E-state index >= 15 is 0 Å². The number of carbonyl (C=O) groups is 2. The Balaban J connectivity index is 2.72. The minimum atomic E-state index is -0.803. The lowest BCUT2D eigenvalue weighted by atomic mass is 10.1. The molecule has 0 fully saturated rings. The number of halogens is 2. The van der Waals surface area contributed by atoms with Crippen molar-refractivity contribution >= 4 is 45.0 Å². The Morgan fingerprint density at radius 2 is 2.14 bits per heavy atom. The summed E-state index contributed by atoms with van der Waals surface area (Å²) in [5.74, 6) is -0.931. The number of benzene rings is 1. The van der Waals surface area contributed by atoms with Crippen LogP contribution < -0.4 is 0 Å². The minimum Gasteiger partial charge on any atom is -0.466 e. The lowest BCUT2D eigenvalue weighted by Crippen LogP contribution is -2.20. The number of nitrogens with zero attached hydrogens (tertiary/aromatic N) is 1. The van der Waals surface area contributed by atoms with Crippen molar-refractivity contribution < 1.29 is 19.2 Å². The molecule has 0 spiro atoms. The van der Waals surface area contributed by atoms with Crippen LogP contribution in [0.1, 0.15) is 36.5 Å². The lowest BCUT2D eigenvalue weighted by molar-refractivity contribution is -0.384. The Morgan fingerprint density at radius 3 is 2.73 bits per heavy atom. The summed E-state index contributed by atoms with van der Waals surface area (Å²) in [5.41, 5.74) is -0.239. The Kier molecular flexibility index (Phi) is 7.47. The molecule has 0 amide bonds. The van der Waals surface area contributed by atoms with Crippen molar-refractivity contribution in [3.05, 3.63) is 38.9 Å². The molecule has 0 radical (unpaired) electrons. The first-order valence-electron chi connectivity index (χ1n) is 6.64. The fraction of sp³-hybridized carbons (Fsp3) is 0.429. The van der Waals surface area contributed by atoms with Crippen molar-refractivity contribution in [3.8, 4) is 0 Å². The third kappa shape index (κ3) is 5.38. The Bertz CT molecular complexity index is 578. The number of ether oxygens (including phenoxy) is 1. The molecule has 0 aliphatic carbocycles. The molecule has 0 N–H and O–H groups in total. The number of carbonyl (C=O) groups excluding carboxylic acids is 2. The molecule has 0 aliphatic heterocycles. The van der Waals surface area contributed by atoms with Gasteiger partial charge in [0, 0.05) is 11.6 Å².